The average Bonchev–Trinajstić information content (AvgIpc) is 2.73. The third-order valence-corrected chi connectivity index (χ3v) is 5.21. The van der Waals surface area contributed by atoms with Crippen LogP contribution in [0.25, 0.3) is 0 Å². The molecule has 1 aliphatic carbocycles. The van der Waals surface area contributed by atoms with E-state index in [-0.39, 0.29) is 18.2 Å². The van der Waals surface area contributed by atoms with Crippen LogP contribution < -0.4 is 0 Å². The summed E-state index contributed by atoms with van der Waals surface area (Å²) in [6.07, 6.45) is 11.2. The summed E-state index contributed by atoms with van der Waals surface area (Å²) >= 11 is 0. The number of morpholine rings is 1. The van der Waals surface area contributed by atoms with Crippen molar-refractivity contribution in [3.8, 4) is 0 Å². The molecule has 2 fully saturated rings. The zero-order valence-electron chi connectivity index (χ0n) is 14.8. The quantitative estimate of drug-likeness (QED) is 0.534. The van der Waals surface area contributed by atoms with Crippen molar-refractivity contribution in [2.75, 3.05) is 13.2 Å². The highest BCUT2D eigenvalue weighted by atomic mass is 16.6. The van der Waals surface area contributed by atoms with Gasteiger partial charge in [0, 0.05) is 0 Å². The highest BCUT2D eigenvalue weighted by molar-refractivity contribution is 5.70. The Kier molecular flexibility index (Phi) is 5.00. The minimum atomic E-state index is -0.447. The molecule has 1 saturated heterocycles. The van der Waals surface area contributed by atoms with E-state index in [9.17, 15) is 4.79 Å². The van der Waals surface area contributed by atoms with Crippen molar-refractivity contribution in [1.82, 2.24) is 4.90 Å². The molecule has 23 heavy (non-hydrogen) atoms. The first-order chi connectivity index (χ1) is 10.9. The van der Waals surface area contributed by atoms with Crippen LogP contribution in [0.1, 0.15) is 65.7 Å². The smallest absolute Gasteiger partial charge is 0.411 e. The van der Waals surface area contributed by atoms with Crippen molar-refractivity contribution in [1.29, 1.82) is 0 Å². The van der Waals surface area contributed by atoms with Crippen LogP contribution in [0, 0.1) is 5.92 Å². The average molecular weight is 321 g/mol. The normalized spacial score (nSPS) is 29.7. The molecule has 0 aromatic carbocycles. The molecule has 4 heteroatoms. The van der Waals surface area contributed by atoms with Gasteiger partial charge in [0.2, 0.25) is 0 Å². The number of carbonyl (C=O) groups excluding carboxylic acids is 1. The number of carbonyl (C=O) groups is 1. The lowest BCUT2D eigenvalue weighted by Gasteiger charge is -2.45. The predicted molar refractivity (Wildman–Crippen MR) is 90.4 cm³/mol. The molecule has 0 radical (unpaired) electrons. The molecular weight excluding hydrogens is 290 g/mol. The Morgan fingerprint density at radius 2 is 1.87 bits per heavy atom. The fourth-order valence-corrected chi connectivity index (χ4v) is 4.18. The Balaban J connectivity index is 1.74. The number of nitrogens with zero attached hydrogens (tertiary/aromatic N) is 1. The van der Waals surface area contributed by atoms with Crippen LogP contribution in [0.4, 0.5) is 4.79 Å². The van der Waals surface area contributed by atoms with Gasteiger partial charge in [0.05, 0.1) is 25.3 Å². The molecule has 3 rings (SSSR count). The van der Waals surface area contributed by atoms with Crippen molar-refractivity contribution in [2.24, 2.45) is 5.92 Å². The maximum Gasteiger partial charge on any atom is 0.411 e. The van der Waals surface area contributed by atoms with E-state index in [1.54, 1.807) is 5.57 Å². The number of ether oxygens (including phenoxy) is 2. The minimum absolute atomic E-state index is 0.0515. The van der Waals surface area contributed by atoms with Crippen molar-refractivity contribution in [3.05, 3.63) is 11.6 Å². The summed E-state index contributed by atoms with van der Waals surface area (Å²) in [5.41, 5.74) is 1.13. The zero-order chi connectivity index (χ0) is 16.4. The van der Waals surface area contributed by atoms with Crippen LogP contribution in [0.5, 0.6) is 0 Å². The lowest BCUT2D eigenvalue weighted by Crippen LogP contribution is -2.57. The number of rotatable bonds is 1. The fraction of sp³-hybridized carbons (Fsp3) is 0.842. The third-order valence-electron chi connectivity index (χ3n) is 5.21. The topological polar surface area (TPSA) is 38.8 Å². The van der Waals surface area contributed by atoms with Gasteiger partial charge in [-0.05, 0) is 46.0 Å². The minimum Gasteiger partial charge on any atom is -0.444 e. The van der Waals surface area contributed by atoms with Gasteiger partial charge in [-0.15, -0.1) is 0 Å². The molecule has 2 unspecified atom stereocenters. The number of fused-ring (bicyclic) bond motifs is 2. The van der Waals surface area contributed by atoms with Crippen molar-refractivity contribution in [3.63, 3.8) is 0 Å². The van der Waals surface area contributed by atoms with E-state index in [4.69, 9.17) is 9.47 Å². The molecular formula is C19H31NO3. The number of amides is 1. The molecule has 1 saturated carbocycles. The molecule has 0 aromatic heterocycles. The Labute approximate surface area is 140 Å². The maximum absolute atomic E-state index is 12.6. The van der Waals surface area contributed by atoms with E-state index in [2.05, 4.69) is 6.08 Å². The highest BCUT2D eigenvalue weighted by Gasteiger charge is 2.41. The van der Waals surface area contributed by atoms with Gasteiger partial charge in [0.1, 0.15) is 5.60 Å². The van der Waals surface area contributed by atoms with Crippen molar-refractivity contribution >= 4 is 6.09 Å². The summed E-state index contributed by atoms with van der Waals surface area (Å²) in [5.74, 6) is 0.724. The van der Waals surface area contributed by atoms with Gasteiger partial charge in [-0.2, -0.15) is 0 Å². The molecule has 2 bridgehead atoms. The van der Waals surface area contributed by atoms with Crippen LogP contribution >= 0.6 is 0 Å². The van der Waals surface area contributed by atoms with E-state index >= 15 is 0 Å². The largest absolute Gasteiger partial charge is 0.444 e. The second-order valence-electron chi connectivity index (χ2n) is 8.28. The second kappa shape index (κ2) is 6.84. The van der Waals surface area contributed by atoms with Crippen molar-refractivity contribution in [2.45, 2.75) is 83.4 Å². The Morgan fingerprint density at radius 1 is 1.17 bits per heavy atom. The van der Waals surface area contributed by atoms with Gasteiger partial charge in [-0.25, -0.2) is 4.79 Å². The molecule has 0 aromatic rings. The lowest BCUT2D eigenvalue weighted by atomic mass is 9.83. The molecule has 2 heterocycles. The Morgan fingerprint density at radius 3 is 2.48 bits per heavy atom. The maximum atomic E-state index is 12.6. The van der Waals surface area contributed by atoms with Gasteiger partial charge in [-0.1, -0.05) is 37.3 Å². The molecule has 0 N–H and O–H groups in total. The van der Waals surface area contributed by atoms with Gasteiger partial charge >= 0.3 is 6.09 Å². The van der Waals surface area contributed by atoms with E-state index in [1.807, 2.05) is 25.7 Å². The first-order valence-electron chi connectivity index (χ1n) is 9.24. The lowest BCUT2D eigenvalue weighted by molar-refractivity contribution is -0.0545. The summed E-state index contributed by atoms with van der Waals surface area (Å²) in [4.78, 5) is 14.5. The van der Waals surface area contributed by atoms with Crippen LogP contribution in [0.2, 0.25) is 0 Å². The van der Waals surface area contributed by atoms with Crippen molar-refractivity contribution < 1.29 is 14.3 Å². The SMILES string of the molecule is CC(C)(C)OC(=O)N1C2C=C(C3CCCCCC3)CC1COC2. The summed E-state index contributed by atoms with van der Waals surface area (Å²) < 4.78 is 11.3. The van der Waals surface area contributed by atoms with Crippen LogP contribution in [-0.2, 0) is 9.47 Å². The molecule has 4 nitrogen and oxygen atoms in total. The standard InChI is InChI=1S/C19H31NO3/c1-19(2,3)23-18(21)20-16-10-15(11-17(20)13-22-12-16)14-8-6-4-5-7-9-14/h10,14,16-17H,4-9,11-13H2,1-3H3. The van der Waals surface area contributed by atoms with E-state index < -0.39 is 5.60 Å². The molecule has 1 amide bonds. The van der Waals surface area contributed by atoms with Gasteiger partial charge in [0.25, 0.3) is 0 Å². The monoisotopic (exact) mass is 321 g/mol. The third kappa shape index (κ3) is 4.09. The first kappa shape index (κ1) is 16.8. The molecule has 0 spiro atoms. The molecule has 130 valence electrons. The first-order valence-corrected chi connectivity index (χ1v) is 9.24. The van der Waals surface area contributed by atoms with E-state index in [1.165, 1.54) is 38.5 Å². The number of hydrogen-bond donors (Lipinski definition) is 0. The molecule has 2 aliphatic heterocycles. The van der Waals surface area contributed by atoms with Crippen LogP contribution in [0.3, 0.4) is 0 Å². The predicted octanol–water partition coefficient (Wildman–Crippen LogP) is 4.29. The fourth-order valence-electron chi connectivity index (χ4n) is 4.18. The zero-order valence-corrected chi connectivity index (χ0v) is 14.8. The molecule has 3 aliphatic rings. The van der Waals surface area contributed by atoms with Gasteiger partial charge in [0.15, 0.2) is 0 Å². The van der Waals surface area contributed by atoms with Gasteiger partial charge in [-0.3, -0.25) is 4.90 Å². The van der Waals surface area contributed by atoms with Crippen LogP contribution in [-0.4, -0.2) is 41.9 Å². The summed E-state index contributed by atoms with van der Waals surface area (Å²) in [6, 6.07) is 0.197. The summed E-state index contributed by atoms with van der Waals surface area (Å²) in [6.45, 7) is 7.02. The Hall–Kier alpha value is -1.03. The second-order valence-corrected chi connectivity index (χ2v) is 8.28. The number of hydrogen-bond acceptors (Lipinski definition) is 3. The summed E-state index contributed by atoms with van der Waals surface area (Å²) in [7, 11) is 0. The Bertz CT molecular complexity index is 458. The van der Waals surface area contributed by atoms with E-state index in [0.29, 0.717) is 13.2 Å². The summed E-state index contributed by atoms with van der Waals surface area (Å²) in [5, 5.41) is 0. The van der Waals surface area contributed by atoms with E-state index in [0.717, 1.165) is 12.3 Å². The highest BCUT2D eigenvalue weighted by Crippen LogP contribution is 2.37. The van der Waals surface area contributed by atoms with Crippen LogP contribution in [0.15, 0.2) is 11.6 Å². The molecule has 2 atom stereocenters. The van der Waals surface area contributed by atoms with Gasteiger partial charge < -0.3 is 9.47 Å².